The summed E-state index contributed by atoms with van der Waals surface area (Å²) < 4.78 is 1.82. The highest BCUT2D eigenvalue weighted by atomic mass is 32.1. The molecule has 0 saturated carbocycles. The van der Waals surface area contributed by atoms with Crippen LogP contribution in [0.4, 0.5) is 0 Å². The lowest BCUT2D eigenvalue weighted by Gasteiger charge is -1.95. The first-order chi connectivity index (χ1) is 9.15. The Bertz CT molecular complexity index is 757. The van der Waals surface area contributed by atoms with Gasteiger partial charge in [0.25, 0.3) is 0 Å². The van der Waals surface area contributed by atoms with Gasteiger partial charge in [0, 0.05) is 18.6 Å². The largest absolute Gasteiger partial charge is 0.293 e. The number of benzene rings is 1. The van der Waals surface area contributed by atoms with E-state index in [1.54, 1.807) is 6.20 Å². The number of rotatable bonds is 3. The van der Waals surface area contributed by atoms with Gasteiger partial charge in [-0.05, 0) is 13.0 Å². The molecule has 4 nitrogen and oxygen atoms in total. The third-order valence-corrected chi connectivity index (χ3v) is 4.01. The zero-order chi connectivity index (χ0) is 13.4. The van der Waals surface area contributed by atoms with Gasteiger partial charge in [-0.3, -0.25) is 9.48 Å². The number of aryl methyl sites for hydroxylation is 2. The molecule has 5 heteroatoms. The highest BCUT2D eigenvalue weighted by molar-refractivity contribution is 7.13. The zero-order valence-corrected chi connectivity index (χ0v) is 11.6. The third kappa shape index (κ3) is 2.17. The first-order valence-corrected chi connectivity index (χ1v) is 6.83. The van der Waals surface area contributed by atoms with Crippen LogP contribution in [0, 0.1) is 6.92 Å². The molecule has 0 atom stereocenters. The van der Waals surface area contributed by atoms with E-state index in [9.17, 15) is 4.79 Å². The molecule has 0 aliphatic carbocycles. The molecular weight excluding hydrogens is 258 g/mol. The van der Waals surface area contributed by atoms with Crippen LogP contribution in [0.25, 0.3) is 10.9 Å². The molecule has 0 saturated heterocycles. The smallest absolute Gasteiger partial charge is 0.180 e. The summed E-state index contributed by atoms with van der Waals surface area (Å²) >= 11 is 1.43. The van der Waals surface area contributed by atoms with Crippen molar-refractivity contribution in [1.82, 2.24) is 14.8 Å². The maximum atomic E-state index is 12.2. The second-order valence-electron chi connectivity index (χ2n) is 4.43. The lowest BCUT2D eigenvalue weighted by molar-refractivity contribution is 0.0996. The first-order valence-electron chi connectivity index (χ1n) is 6.01. The number of nitrogens with zero attached hydrogens (tertiary/aromatic N) is 3. The maximum absolute atomic E-state index is 12.2. The first kappa shape index (κ1) is 12.0. The van der Waals surface area contributed by atoms with Gasteiger partial charge >= 0.3 is 0 Å². The van der Waals surface area contributed by atoms with E-state index in [2.05, 4.69) is 10.1 Å². The predicted octanol–water partition coefficient (Wildman–Crippen LogP) is 2.76. The van der Waals surface area contributed by atoms with E-state index in [1.165, 1.54) is 11.3 Å². The number of carbonyl (C=O) groups excluding carboxylic acids is 1. The van der Waals surface area contributed by atoms with Crippen molar-refractivity contribution in [2.75, 3.05) is 0 Å². The summed E-state index contributed by atoms with van der Waals surface area (Å²) in [4.78, 5) is 17.0. The molecule has 0 bridgehead atoms. The molecule has 2 aromatic heterocycles. The minimum Gasteiger partial charge on any atom is -0.293 e. The van der Waals surface area contributed by atoms with Crippen molar-refractivity contribution in [3.8, 4) is 0 Å². The second kappa shape index (κ2) is 4.59. The third-order valence-electron chi connectivity index (χ3n) is 3.06. The van der Waals surface area contributed by atoms with Crippen LogP contribution in [-0.4, -0.2) is 20.5 Å². The van der Waals surface area contributed by atoms with Gasteiger partial charge in [-0.2, -0.15) is 5.10 Å². The Kier molecular flexibility index (Phi) is 2.91. The highest BCUT2D eigenvalue weighted by Crippen LogP contribution is 2.20. The molecule has 96 valence electrons. The molecule has 0 amide bonds. The van der Waals surface area contributed by atoms with E-state index in [4.69, 9.17) is 0 Å². The van der Waals surface area contributed by atoms with E-state index in [1.807, 2.05) is 42.9 Å². The molecule has 0 unspecified atom stereocenters. The van der Waals surface area contributed by atoms with Crippen molar-refractivity contribution in [3.63, 3.8) is 0 Å². The number of hydrogen-bond acceptors (Lipinski definition) is 4. The topological polar surface area (TPSA) is 47.8 Å². The van der Waals surface area contributed by atoms with Gasteiger partial charge in [0.2, 0.25) is 0 Å². The summed E-state index contributed by atoms with van der Waals surface area (Å²) in [7, 11) is 1.90. The van der Waals surface area contributed by atoms with E-state index >= 15 is 0 Å². The van der Waals surface area contributed by atoms with Crippen molar-refractivity contribution in [2.45, 2.75) is 13.3 Å². The molecule has 19 heavy (non-hydrogen) atoms. The van der Waals surface area contributed by atoms with Crippen LogP contribution in [-0.2, 0) is 13.5 Å². The number of ketones is 1. The summed E-state index contributed by atoms with van der Waals surface area (Å²) in [6.07, 6.45) is 1.97. The van der Waals surface area contributed by atoms with Crippen LogP contribution in [0.1, 0.15) is 20.4 Å². The second-order valence-corrected chi connectivity index (χ2v) is 5.67. The SMILES string of the molecule is Cc1ncc(C(=O)Cc2nn(C)c3ccccc23)s1. The van der Waals surface area contributed by atoms with Crippen molar-refractivity contribution in [1.29, 1.82) is 0 Å². The number of carbonyl (C=O) groups is 1. The molecule has 2 heterocycles. The molecule has 1 aromatic carbocycles. The van der Waals surface area contributed by atoms with Crippen LogP contribution >= 0.6 is 11.3 Å². The standard InChI is InChI=1S/C14H13N3OS/c1-9-15-8-14(19-9)13(18)7-11-10-5-3-4-6-12(10)17(2)16-11/h3-6,8H,7H2,1-2H3. The molecule has 3 aromatic rings. The van der Waals surface area contributed by atoms with Crippen LogP contribution < -0.4 is 0 Å². The molecule has 0 aliphatic heterocycles. The van der Waals surface area contributed by atoms with Crippen LogP contribution in [0.5, 0.6) is 0 Å². The fourth-order valence-electron chi connectivity index (χ4n) is 2.15. The summed E-state index contributed by atoms with van der Waals surface area (Å²) in [5.74, 6) is 0.0782. The van der Waals surface area contributed by atoms with Crippen molar-refractivity contribution in [3.05, 3.63) is 46.0 Å². The minimum atomic E-state index is 0.0782. The highest BCUT2D eigenvalue weighted by Gasteiger charge is 2.15. The number of hydrogen-bond donors (Lipinski definition) is 0. The number of thiazole rings is 1. The molecule has 0 aliphatic rings. The number of Topliss-reactive ketones (excluding diaryl/α,β-unsaturated/α-hetero) is 1. The Hall–Kier alpha value is -2.01. The summed E-state index contributed by atoms with van der Waals surface area (Å²) in [6, 6.07) is 7.95. The lowest BCUT2D eigenvalue weighted by atomic mass is 10.1. The van der Waals surface area contributed by atoms with E-state index in [-0.39, 0.29) is 5.78 Å². The fourth-order valence-corrected chi connectivity index (χ4v) is 2.86. The Balaban J connectivity index is 1.95. The van der Waals surface area contributed by atoms with Crippen molar-refractivity contribution >= 4 is 28.0 Å². The Morgan fingerprint density at radius 3 is 2.89 bits per heavy atom. The maximum Gasteiger partial charge on any atom is 0.180 e. The molecule has 0 N–H and O–H groups in total. The Morgan fingerprint density at radius 2 is 2.16 bits per heavy atom. The molecule has 0 spiro atoms. The fraction of sp³-hybridized carbons (Fsp3) is 0.214. The molecule has 3 rings (SSSR count). The van der Waals surface area contributed by atoms with Gasteiger partial charge in [0.1, 0.15) is 0 Å². The van der Waals surface area contributed by atoms with Crippen LogP contribution in [0.2, 0.25) is 0 Å². The normalized spacial score (nSPS) is 11.1. The van der Waals surface area contributed by atoms with Crippen LogP contribution in [0.3, 0.4) is 0 Å². The quantitative estimate of drug-likeness (QED) is 0.688. The summed E-state index contributed by atoms with van der Waals surface area (Å²) in [5, 5.41) is 6.39. The number of aromatic nitrogens is 3. The summed E-state index contributed by atoms with van der Waals surface area (Å²) in [6.45, 7) is 1.90. The van der Waals surface area contributed by atoms with Crippen molar-refractivity contribution < 1.29 is 4.79 Å². The molecular formula is C14H13N3OS. The van der Waals surface area contributed by atoms with E-state index in [0.29, 0.717) is 11.3 Å². The molecule has 0 radical (unpaired) electrons. The van der Waals surface area contributed by atoms with Gasteiger partial charge in [-0.25, -0.2) is 4.98 Å². The lowest BCUT2D eigenvalue weighted by Crippen LogP contribution is -2.02. The average Bonchev–Trinajstić information content (AvgIpc) is 2.96. The van der Waals surface area contributed by atoms with Gasteiger partial charge in [0.05, 0.1) is 27.5 Å². The zero-order valence-electron chi connectivity index (χ0n) is 10.8. The van der Waals surface area contributed by atoms with Crippen molar-refractivity contribution in [2.24, 2.45) is 7.05 Å². The number of fused-ring (bicyclic) bond motifs is 1. The van der Waals surface area contributed by atoms with E-state index in [0.717, 1.165) is 21.6 Å². The van der Waals surface area contributed by atoms with E-state index < -0.39 is 0 Å². The Morgan fingerprint density at radius 1 is 1.37 bits per heavy atom. The van der Waals surface area contributed by atoms with Gasteiger partial charge < -0.3 is 0 Å². The monoisotopic (exact) mass is 271 g/mol. The predicted molar refractivity (Wildman–Crippen MR) is 75.6 cm³/mol. The van der Waals surface area contributed by atoms with Gasteiger partial charge in [-0.1, -0.05) is 18.2 Å². The molecule has 0 fully saturated rings. The minimum absolute atomic E-state index is 0.0782. The Labute approximate surface area is 114 Å². The van der Waals surface area contributed by atoms with Gasteiger partial charge in [0.15, 0.2) is 5.78 Å². The summed E-state index contributed by atoms with van der Waals surface area (Å²) in [5.41, 5.74) is 1.87. The average molecular weight is 271 g/mol. The van der Waals surface area contributed by atoms with Gasteiger partial charge in [-0.15, -0.1) is 11.3 Å². The number of para-hydroxylation sites is 1. The van der Waals surface area contributed by atoms with Crippen LogP contribution in [0.15, 0.2) is 30.5 Å².